The highest BCUT2D eigenvalue weighted by Crippen LogP contribution is 2.31. The third-order valence-electron chi connectivity index (χ3n) is 4.99. The third kappa shape index (κ3) is 3.78. The van der Waals surface area contributed by atoms with Gasteiger partial charge in [-0.05, 0) is 49.9 Å². The fourth-order valence-electron chi connectivity index (χ4n) is 3.62. The summed E-state index contributed by atoms with van der Waals surface area (Å²) in [5.41, 5.74) is 2.83. The molecule has 5 nitrogen and oxygen atoms in total. The van der Waals surface area contributed by atoms with Crippen molar-refractivity contribution in [3.63, 3.8) is 0 Å². The Morgan fingerprint density at radius 1 is 1.25 bits per heavy atom. The van der Waals surface area contributed by atoms with Crippen LogP contribution >= 0.6 is 0 Å². The summed E-state index contributed by atoms with van der Waals surface area (Å²) in [7, 11) is 0. The molecule has 7 heteroatoms. The summed E-state index contributed by atoms with van der Waals surface area (Å²) in [5, 5.41) is 7.36. The average Bonchev–Trinajstić information content (AvgIpc) is 3.12. The van der Waals surface area contributed by atoms with Crippen LogP contribution in [0.3, 0.4) is 0 Å². The van der Waals surface area contributed by atoms with E-state index in [0.717, 1.165) is 42.3 Å². The molecule has 2 heterocycles. The molecule has 1 atom stereocenters. The van der Waals surface area contributed by atoms with Crippen molar-refractivity contribution in [2.24, 2.45) is 0 Å². The van der Waals surface area contributed by atoms with Crippen molar-refractivity contribution in [1.82, 2.24) is 20.1 Å². The molecule has 0 fully saturated rings. The fourth-order valence-corrected chi connectivity index (χ4v) is 3.62. The summed E-state index contributed by atoms with van der Waals surface area (Å²) in [6.07, 6.45) is 6.69. The normalized spacial score (nSPS) is 15.9. The number of carbonyl (C=O) groups excluding carboxylic acids is 1. The van der Waals surface area contributed by atoms with Crippen molar-refractivity contribution in [1.29, 1.82) is 0 Å². The van der Waals surface area contributed by atoms with Crippen LogP contribution in [0.25, 0.3) is 5.69 Å². The summed E-state index contributed by atoms with van der Waals surface area (Å²) >= 11 is 0. The van der Waals surface area contributed by atoms with Gasteiger partial charge in [0.25, 0.3) is 0 Å². The molecule has 0 saturated heterocycles. The maximum atomic E-state index is 14.2. The lowest BCUT2D eigenvalue weighted by molar-refractivity contribution is -0.121. The Morgan fingerprint density at radius 3 is 2.93 bits per heavy atom. The van der Waals surface area contributed by atoms with Gasteiger partial charge in [-0.15, -0.1) is 0 Å². The van der Waals surface area contributed by atoms with E-state index in [1.807, 2.05) is 18.2 Å². The molecule has 1 aliphatic carbocycles. The Balaban J connectivity index is 1.49. The number of fused-ring (bicyclic) bond motifs is 1. The van der Waals surface area contributed by atoms with E-state index in [-0.39, 0.29) is 17.6 Å². The number of amides is 1. The second-order valence-corrected chi connectivity index (χ2v) is 6.89. The highest BCUT2D eigenvalue weighted by molar-refractivity contribution is 5.76. The van der Waals surface area contributed by atoms with Gasteiger partial charge in [-0.2, -0.15) is 5.10 Å². The van der Waals surface area contributed by atoms with E-state index in [2.05, 4.69) is 15.4 Å². The number of hydrogen-bond donors (Lipinski definition) is 1. The largest absolute Gasteiger partial charge is 0.349 e. The monoisotopic (exact) mass is 382 g/mol. The molecule has 0 aliphatic heterocycles. The summed E-state index contributed by atoms with van der Waals surface area (Å²) in [6.45, 7) is 0. The SMILES string of the molecule is O=C(CCc1ccccn1)N[C@H]1CCCc2c1cnn2-c1ccc(F)cc1F. The van der Waals surface area contributed by atoms with Gasteiger partial charge in [0.1, 0.15) is 11.5 Å². The molecule has 28 heavy (non-hydrogen) atoms. The number of carbonyl (C=O) groups is 1. The highest BCUT2D eigenvalue weighted by Gasteiger charge is 2.26. The minimum atomic E-state index is -0.660. The van der Waals surface area contributed by atoms with E-state index in [9.17, 15) is 13.6 Å². The number of aromatic nitrogens is 3. The maximum absolute atomic E-state index is 14.2. The number of aryl methyl sites for hydroxylation is 1. The van der Waals surface area contributed by atoms with Gasteiger partial charge in [-0.25, -0.2) is 13.5 Å². The molecule has 144 valence electrons. The molecule has 0 saturated carbocycles. The van der Waals surface area contributed by atoms with E-state index in [1.165, 1.54) is 16.8 Å². The van der Waals surface area contributed by atoms with Crippen molar-refractivity contribution in [2.45, 2.75) is 38.1 Å². The summed E-state index contributed by atoms with van der Waals surface area (Å²) in [4.78, 5) is 16.6. The average molecular weight is 382 g/mol. The first-order valence-electron chi connectivity index (χ1n) is 9.33. The van der Waals surface area contributed by atoms with Crippen molar-refractivity contribution in [2.75, 3.05) is 0 Å². The summed E-state index contributed by atoms with van der Waals surface area (Å²) < 4.78 is 28.9. The quantitative estimate of drug-likeness (QED) is 0.732. The molecule has 1 aromatic carbocycles. The van der Waals surface area contributed by atoms with Crippen LogP contribution in [0.4, 0.5) is 8.78 Å². The van der Waals surface area contributed by atoms with Crippen molar-refractivity contribution in [3.05, 3.63) is 77.4 Å². The standard InChI is InChI=1S/C21H20F2N4O/c22-14-7-9-20(17(23)12-14)27-19-6-3-5-18(16(19)13-25-27)26-21(28)10-8-15-4-1-2-11-24-15/h1-2,4,7,9,11-13,18H,3,5-6,8,10H2,(H,26,28)/t18-/m0/s1. The third-order valence-corrected chi connectivity index (χ3v) is 4.99. The van der Waals surface area contributed by atoms with E-state index in [1.54, 1.807) is 12.4 Å². The maximum Gasteiger partial charge on any atom is 0.220 e. The molecule has 1 aliphatic rings. The van der Waals surface area contributed by atoms with Gasteiger partial charge < -0.3 is 5.32 Å². The number of nitrogens with zero attached hydrogens (tertiary/aromatic N) is 3. The predicted octanol–water partition coefficient (Wildman–Crippen LogP) is 3.67. The number of halogens is 2. The molecule has 0 spiro atoms. The predicted molar refractivity (Wildman–Crippen MR) is 99.9 cm³/mol. The number of nitrogens with one attached hydrogen (secondary N) is 1. The summed E-state index contributed by atoms with van der Waals surface area (Å²) in [5.74, 6) is -1.34. The lowest BCUT2D eigenvalue weighted by Gasteiger charge is -2.24. The summed E-state index contributed by atoms with van der Waals surface area (Å²) in [6, 6.07) is 8.93. The van der Waals surface area contributed by atoms with Crippen molar-refractivity contribution in [3.8, 4) is 5.69 Å². The Labute approximate surface area is 161 Å². The van der Waals surface area contributed by atoms with Gasteiger partial charge in [0.2, 0.25) is 5.91 Å². The van der Waals surface area contributed by atoms with Crippen LogP contribution in [-0.2, 0) is 17.6 Å². The van der Waals surface area contributed by atoms with Gasteiger partial charge >= 0.3 is 0 Å². The van der Waals surface area contributed by atoms with E-state index in [4.69, 9.17) is 0 Å². The van der Waals surface area contributed by atoms with Crippen molar-refractivity contribution >= 4 is 5.91 Å². The van der Waals surface area contributed by atoms with E-state index >= 15 is 0 Å². The van der Waals surface area contributed by atoms with Crippen LogP contribution in [0.15, 0.2) is 48.8 Å². The van der Waals surface area contributed by atoms with Gasteiger partial charge in [0.15, 0.2) is 5.82 Å². The molecule has 4 rings (SSSR count). The minimum absolute atomic E-state index is 0.0517. The second kappa shape index (κ2) is 7.88. The molecule has 3 aromatic rings. The molecule has 1 N–H and O–H groups in total. The van der Waals surface area contributed by atoms with Crippen LogP contribution in [0.1, 0.15) is 42.3 Å². The van der Waals surface area contributed by atoms with Crippen LogP contribution in [0.2, 0.25) is 0 Å². The van der Waals surface area contributed by atoms with Crippen LogP contribution in [-0.4, -0.2) is 20.7 Å². The number of rotatable bonds is 5. The van der Waals surface area contributed by atoms with Gasteiger partial charge in [-0.3, -0.25) is 9.78 Å². The van der Waals surface area contributed by atoms with Crippen LogP contribution in [0, 0.1) is 11.6 Å². The molecule has 0 bridgehead atoms. The smallest absolute Gasteiger partial charge is 0.220 e. The lowest BCUT2D eigenvalue weighted by atomic mass is 9.92. The Bertz CT molecular complexity index is 987. The second-order valence-electron chi connectivity index (χ2n) is 6.89. The molecular formula is C21H20F2N4O. The van der Waals surface area contributed by atoms with E-state index < -0.39 is 11.6 Å². The van der Waals surface area contributed by atoms with Gasteiger partial charge in [0, 0.05) is 35.6 Å². The minimum Gasteiger partial charge on any atom is -0.349 e. The molecule has 0 radical (unpaired) electrons. The first kappa shape index (κ1) is 18.3. The first-order chi connectivity index (χ1) is 13.6. The molecule has 2 aromatic heterocycles. The number of hydrogen-bond acceptors (Lipinski definition) is 3. The topological polar surface area (TPSA) is 59.8 Å². The number of benzene rings is 1. The van der Waals surface area contributed by atoms with Crippen LogP contribution in [0.5, 0.6) is 0 Å². The molecule has 1 amide bonds. The highest BCUT2D eigenvalue weighted by atomic mass is 19.1. The van der Waals surface area contributed by atoms with Crippen molar-refractivity contribution < 1.29 is 13.6 Å². The molecule has 0 unspecified atom stereocenters. The Morgan fingerprint density at radius 2 is 2.14 bits per heavy atom. The Hall–Kier alpha value is -3.09. The molecular weight excluding hydrogens is 362 g/mol. The fraction of sp³-hybridized carbons (Fsp3) is 0.286. The van der Waals surface area contributed by atoms with E-state index in [0.29, 0.717) is 12.8 Å². The Kier molecular flexibility index (Phi) is 5.14. The zero-order valence-corrected chi connectivity index (χ0v) is 15.2. The van der Waals surface area contributed by atoms with Gasteiger partial charge in [0.05, 0.1) is 12.2 Å². The lowest BCUT2D eigenvalue weighted by Crippen LogP contribution is -2.31. The zero-order valence-electron chi connectivity index (χ0n) is 15.2. The zero-order chi connectivity index (χ0) is 19.5. The first-order valence-corrected chi connectivity index (χ1v) is 9.33. The number of pyridine rings is 1. The van der Waals surface area contributed by atoms with Gasteiger partial charge in [-0.1, -0.05) is 6.07 Å². The van der Waals surface area contributed by atoms with Crippen LogP contribution < -0.4 is 5.32 Å².